The van der Waals surface area contributed by atoms with Gasteiger partial charge in [-0.1, -0.05) is 39.9 Å². The molecule has 2 atom stereocenters. The molecule has 1 aromatic carbocycles. The second-order valence-corrected chi connectivity index (χ2v) is 9.54. The van der Waals surface area contributed by atoms with Gasteiger partial charge in [0.15, 0.2) is 0 Å². The number of hydrogen-bond acceptors (Lipinski definition) is 3. The molecule has 25 heavy (non-hydrogen) atoms. The Morgan fingerprint density at radius 1 is 1.28 bits per heavy atom. The van der Waals surface area contributed by atoms with Gasteiger partial charge in [-0.3, -0.25) is 5.32 Å². The van der Waals surface area contributed by atoms with Crippen molar-refractivity contribution in [3.8, 4) is 11.8 Å². The summed E-state index contributed by atoms with van der Waals surface area (Å²) in [7, 11) is -3.43. The highest BCUT2D eigenvalue weighted by atomic mass is 79.9. The molecule has 1 fully saturated rings. The molecule has 0 bridgehead atoms. The van der Waals surface area contributed by atoms with Crippen molar-refractivity contribution in [3.05, 3.63) is 34.3 Å². The Morgan fingerprint density at radius 2 is 1.84 bits per heavy atom. The molecule has 3 nitrogen and oxygen atoms in total. The van der Waals surface area contributed by atoms with E-state index in [-0.39, 0.29) is 11.5 Å². The van der Waals surface area contributed by atoms with Gasteiger partial charge in [-0.2, -0.15) is 13.2 Å². The van der Waals surface area contributed by atoms with E-state index >= 15 is 0 Å². The molecule has 1 aliphatic carbocycles. The maximum absolute atomic E-state index is 14.1. The maximum Gasteiger partial charge on any atom is 0.422 e. The van der Waals surface area contributed by atoms with E-state index in [2.05, 4.69) is 33.1 Å². The fraction of sp³-hybridized carbons (Fsp3) is 0.529. The summed E-state index contributed by atoms with van der Waals surface area (Å²) in [6, 6.07) is 4.79. The minimum atomic E-state index is -4.71. The summed E-state index contributed by atoms with van der Waals surface area (Å²) in [5.41, 5.74) is -2.67. The van der Waals surface area contributed by atoms with Gasteiger partial charge in [-0.05, 0) is 37.5 Å². The van der Waals surface area contributed by atoms with Crippen LogP contribution in [0.5, 0.6) is 0 Å². The summed E-state index contributed by atoms with van der Waals surface area (Å²) in [6.45, 7) is 1.42. The van der Waals surface area contributed by atoms with Crippen LogP contribution in [0.15, 0.2) is 28.7 Å². The monoisotopic (exact) mass is 437 g/mol. The zero-order chi connectivity index (χ0) is 18.9. The Kier molecular flexibility index (Phi) is 5.92. The minimum absolute atomic E-state index is 0.0239. The molecule has 1 aromatic rings. The van der Waals surface area contributed by atoms with Gasteiger partial charge in [-0.25, -0.2) is 8.42 Å². The molecule has 0 heterocycles. The number of sulfone groups is 1. The molecule has 1 N–H and O–H groups in total. The SMILES string of the molecule is C[C@H](CS(C)(=O)=O)N[C@@](C#CC1CC1)(c1ccc(Br)cc1)C(F)(F)F. The van der Waals surface area contributed by atoms with Crippen LogP contribution in [0.4, 0.5) is 13.2 Å². The van der Waals surface area contributed by atoms with Crippen molar-refractivity contribution in [1.29, 1.82) is 0 Å². The van der Waals surface area contributed by atoms with E-state index in [1.165, 1.54) is 31.2 Å². The van der Waals surface area contributed by atoms with Gasteiger partial charge in [-0.15, -0.1) is 0 Å². The lowest BCUT2D eigenvalue weighted by molar-refractivity contribution is -0.183. The van der Waals surface area contributed by atoms with Gasteiger partial charge in [0.05, 0.1) is 5.75 Å². The molecule has 1 saturated carbocycles. The number of hydrogen-bond donors (Lipinski definition) is 1. The van der Waals surface area contributed by atoms with E-state index in [9.17, 15) is 21.6 Å². The number of benzene rings is 1. The lowest BCUT2D eigenvalue weighted by Gasteiger charge is -2.35. The van der Waals surface area contributed by atoms with E-state index in [0.29, 0.717) is 4.47 Å². The molecule has 1 aliphatic rings. The van der Waals surface area contributed by atoms with Crippen molar-refractivity contribution < 1.29 is 21.6 Å². The third-order valence-electron chi connectivity index (χ3n) is 3.76. The normalized spacial score (nSPS) is 18.8. The predicted octanol–water partition coefficient (Wildman–Crippen LogP) is 3.64. The highest BCUT2D eigenvalue weighted by Crippen LogP contribution is 2.40. The molecule has 0 radical (unpaired) electrons. The number of nitrogens with one attached hydrogen (secondary N) is 1. The second kappa shape index (κ2) is 7.29. The highest BCUT2D eigenvalue weighted by molar-refractivity contribution is 9.10. The molecule has 0 aliphatic heterocycles. The Balaban J connectivity index is 2.50. The van der Waals surface area contributed by atoms with E-state index in [0.717, 1.165) is 19.1 Å². The Labute approximate surface area is 154 Å². The van der Waals surface area contributed by atoms with Crippen LogP contribution in [0.3, 0.4) is 0 Å². The third-order valence-corrected chi connectivity index (χ3v) is 5.39. The summed E-state index contributed by atoms with van der Waals surface area (Å²) < 4.78 is 65.9. The minimum Gasteiger partial charge on any atom is -0.286 e. The van der Waals surface area contributed by atoms with Gasteiger partial charge < -0.3 is 0 Å². The maximum atomic E-state index is 14.1. The first-order chi connectivity index (χ1) is 11.4. The van der Waals surface area contributed by atoms with Crippen molar-refractivity contribution in [1.82, 2.24) is 5.32 Å². The van der Waals surface area contributed by atoms with Crippen molar-refractivity contribution >= 4 is 25.8 Å². The highest BCUT2D eigenvalue weighted by Gasteiger charge is 2.56. The van der Waals surface area contributed by atoms with Crippen molar-refractivity contribution in [2.24, 2.45) is 5.92 Å². The zero-order valence-corrected chi connectivity index (χ0v) is 16.2. The van der Waals surface area contributed by atoms with Crippen molar-refractivity contribution in [2.75, 3.05) is 12.0 Å². The Bertz CT molecular complexity index is 777. The van der Waals surface area contributed by atoms with E-state index in [4.69, 9.17) is 0 Å². The standard InChI is InChI=1S/C17H19BrF3NO2S/c1-12(11-25(2,23)24)22-16(17(19,20)21,10-9-13-3-4-13)14-5-7-15(18)8-6-14/h5-8,12-13,22H,3-4,11H2,1-2H3/t12-,16+/m1/s1. The fourth-order valence-corrected chi connectivity index (χ4v) is 3.77. The summed E-state index contributed by atoms with van der Waals surface area (Å²) in [5.74, 6) is 4.65. The largest absolute Gasteiger partial charge is 0.422 e. The van der Waals surface area contributed by atoms with Gasteiger partial charge in [0.1, 0.15) is 9.84 Å². The molecular formula is C17H19BrF3NO2S. The van der Waals surface area contributed by atoms with Crippen LogP contribution in [0.2, 0.25) is 0 Å². The average Bonchev–Trinajstić information content (AvgIpc) is 3.25. The number of alkyl halides is 3. The summed E-state index contributed by atoms with van der Waals surface area (Å²) >= 11 is 3.21. The quantitative estimate of drug-likeness (QED) is 0.715. The third kappa shape index (κ3) is 5.47. The van der Waals surface area contributed by atoms with Crippen LogP contribution in [0, 0.1) is 17.8 Å². The molecule has 138 valence electrons. The van der Waals surface area contributed by atoms with Crippen molar-refractivity contribution in [2.45, 2.75) is 37.5 Å². The van der Waals surface area contributed by atoms with Gasteiger partial charge in [0.2, 0.25) is 5.54 Å². The van der Waals surface area contributed by atoms with Gasteiger partial charge >= 0.3 is 6.18 Å². The van der Waals surface area contributed by atoms with Crippen LogP contribution in [0.1, 0.15) is 25.3 Å². The smallest absolute Gasteiger partial charge is 0.286 e. The molecule has 8 heteroatoms. The second-order valence-electron chi connectivity index (χ2n) is 6.44. The van der Waals surface area contributed by atoms with E-state index < -0.39 is 33.3 Å². The summed E-state index contributed by atoms with van der Waals surface area (Å²) in [4.78, 5) is 0. The molecule has 2 rings (SSSR count). The van der Waals surface area contributed by atoms with Gasteiger partial charge in [0.25, 0.3) is 0 Å². The first kappa shape index (κ1) is 20.3. The van der Waals surface area contributed by atoms with E-state index in [1.807, 2.05) is 0 Å². The molecule has 0 amide bonds. The molecule has 0 aromatic heterocycles. The lowest BCUT2D eigenvalue weighted by Crippen LogP contribution is -2.57. The lowest BCUT2D eigenvalue weighted by atomic mass is 9.88. The predicted molar refractivity (Wildman–Crippen MR) is 94.7 cm³/mol. The fourth-order valence-electron chi connectivity index (χ4n) is 2.51. The topological polar surface area (TPSA) is 46.2 Å². The van der Waals surface area contributed by atoms with Crippen LogP contribution < -0.4 is 5.32 Å². The van der Waals surface area contributed by atoms with Gasteiger partial charge in [0, 0.05) is 22.7 Å². The number of rotatable bonds is 5. The number of halogens is 4. The Hall–Kier alpha value is -1.04. The first-order valence-electron chi connectivity index (χ1n) is 7.74. The summed E-state index contributed by atoms with van der Waals surface area (Å²) in [6.07, 6.45) is -2.13. The average molecular weight is 438 g/mol. The molecule has 0 unspecified atom stereocenters. The molecular weight excluding hydrogens is 419 g/mol. The summed E-state index contributed by atoms with van der Waals surface area (Å²) in [5, 5.41) is 2.45. The molecule has 0 spiro atoms. The zero-order valence-electron chi connectivity index (χ0n) is 13.8. The van der Waals surface area contributed by atoms with Crippen LogP contribution in [0.25, 0.3) is 0 Å². The first-order valence-corrected chi connectivity index (χ1v) is 10.6. The van der Waals surface area contributed by atoms with Crippen LogP contribution in [-0.4, -0.2) is 32.6 Å². The van der Waals surface area contributed by atoms with E-state index in [1.54, 1.807) is 0 Å². The van der Waals surface area contributed by atoms with Crippen molar-refractivity contribution in [3.63, 3.8) is 0 Å². The molecule has 0 saturated heterocycles. The van der Waals surface area contributed by atoms with Crippen LogP contribution >= 0.6 is 15.9 Å². The Morgan fingerprint density at radius 3 is 2.28 bits per heavy atom. The van der Waals surface area contributed by atoms with Crippen LogP contribution in [-0.2, 0) is 15.4 Å².